The number of amides is 1. The lowest BCUT2D eigenvalue weighted by molar-refractivity contribution is -0.125. The highest BCUT2D eigenvalue weighted by Crippen LogP contribution is 2.25. The minimum atomic E-state index is 0.00281. The second-order valence-corrected chi connectivity index (χ2v) is 6.13. The van der Waals surface area contributed by atoms with Crippen molar-refractivity contribution in [1.82, 2.24) is 9.88 Å². The van der Waals surface area contributed by atoms with Crippen molar-refractivity contribution < 1.29 is 4.79 Å². The van der Waals surface area contributed by atoms with Gasteiger partial charge in [-0.15, -0.1) is 0 Å². The van der Waals surface area contributed by atoms with Crippen LogP contribution in [0.4, 0.5) is 5.69 Å². The number of benzene rings is 1. The molecule has 4 nitrogen and oxygen atoms in total. The summed E-state index contributed by atoms with van der Waals surface area (Å²) in [6.45, 7) is 2.83. The third-order valence-corrected chi connectivity index (χ3v) is 4.35. The van der Waals surface area contributed by atoms with Crippen LogP contribution in [0.3, 0.4) is 0 Å². The molecule has 2 aromatic rings. The summed E-state index contributed by atoms with van der Waals surface area (Å²) < 4.78 is 0. The van der Waals surface area contributed by atoms with Gasteiger partial charge in [-0.05, 0) is 48.2 Å². The average Bonchev–Trinajstić information content (AvgIpc) is 3.15. The van der Waals surface area contributed by atoms with E-state index >= 15 is 0 Å². The summed E-state index contributed by atoms with van der Waals surface area (Å²) in [5.74, 6) is 0.00281. The lowest BCUT2D eigenvalue weighted by Crippen LogP contribution is -2.26. The van der Waals surface area contributed by atoms with E-state index in [1.807, 2.05) is 31.3 Å². The van der Waals surface area contributed by atoms with Crippen LogP contribution in [0, 0.1) is 0 Å². The summed E-state index contributed by atoms with van der Waals surface area (Å²) in [5.41, 5.74) is 3.43. The number of likely N-dealkylation sites (N-methyl/N-ethyl adjacent to an activating group) is 1. The number of carbonyl (C=O) groups excluding carboxylic acids is 1. The predicted molar refractivity (Wildman–Crippen MR) is 97.6 cm³/mol. The molecule has 24 heavy (non-hydrogen) atoms. The Morgan fingerprint density at radius 2 is 1.88 bits per heavy atom. The summed E-state index contributed by atoms with van der Waals surface area (Å²) in [4.78, 5) is 20.5. The maximum atomic E-state index is 12.4. The van der Waals surface area contributed by atoms with Crippen LogP contribution in [0.2, 0.25) is 0 Å². The van der Waals surface area contributed by atoms with Crippen molar-refractivity contribution in [2.45, 2.75) is 19.4 Å². The molecule has 1 amide bonds. The number of aromatic nitrogens is 1. The Morgan fingerprint density at radius 1 is 1.17 bits per heavy atom. The smallest absolute Gasteiger partial charge is 0.246 e. The van der Waals surface area contributed by atoms with Gasteiger partial charge in [-0.2, -0.15) is 0 Å². The number of pyridine rings is 1. The molecule has 1 aliphatic heterocycles. The number of rotatable bonds is 5. The van der Waals surface area contributed by atoms with Crippen molar-refractivity contribution in [3.63, 3.8) is 0 Å². The van der Waals surface area contributed by atoms with E-state index in [-0.39, 0.29) is 5.91 Å². The molecule has 0 bridgehead atoms. The average molecular weight is 321 g/mol. The number of carbonyl (C=O) groups is 1. The summed E-state index contributed by atoms with van der Waals surface area (Å²) in [6.07, 6.45) is 9.39. The number of nitrogens with zero attached hydrogens (tertiary/aromatic N) is 3. The fourth-order valence-electron chi connectivity index (χ4n) is 3.01. The van der Waals surface area contributed by atoms with E-state index in [4.69, 9.17) is 0 Å². The monoisotopic (exact) mass is 321 g/mol. The van der Waals surface area contributed by atoms with Crippen LogP contribution in [0.25, 0.3) is 6.08 Å². The third-order valence-electron chi connectivity index (χ3n) is 4.35. The first kappa shape index (κ1) is 16.2. The highest BCUT2D eigenvalue weighted by molar-refractivity contribution is 5.91. The zero-order valence-electron chi connectivity index (χ0n) is 14.1. The second kappa shape index (κ2) is 7.77. The number of hydrogen-bond donors (Lipinski definition) is 0. The fraction of sp³-hybridized carbons (Fsp3) is 0.300. The lowest BCUT2D eigenvalue weighted by atomic mass is 10.1. The number of anilines is 1. The van der Waals surface area contributed by atoms with E-state index in [9.17, 15) is 4.79 Å². The van der Waals surface area contributed by atoms with Crippen molar-refractivity contribution in [3.8, 4) is 0 Å². The first-order valence-electron chi connectivity index (χ1n) is 8.40. The molecule has 4 heteroatoms. The highest BCUT2D eigenvalue weighted by Gasteiger charge is 2.16. The Balaban J connectivity index is 1.67. The molecule has 0 radical (unpaired) electrons. The van der Waals surface area contributed by atoms with Crippen LogP contribution in [0.1, 0.15) is 24.0 Å². The maximum absolute atomic E-state index is 12.4. The van der Waals surface area contributed by atoms with Gasteiger partial charge < -0.3 is 9.80 Å². The topological polar surface area (TPSA) is 36.4 Å². The van der Waals surface area contributed by atoms with Crippen molar-refractivity contribution in [2.24, 2.45) is 0 Å². The molecule has 0 atom stereocenters. The van der Waals surface area contributed by atoms with Crippen molar-refractivity contribution in [2.75, 3.05) is 25.0 Å². The SMILES string of the molecule is CN(Cc1ccccc1N1CCCC1)C(=O)C=Cc1ccncc1. The maximum Gasteiger partial charge on any atom is 0.246 e. The Labute approximate surface area is 143 Å². The Bertz CT molecular complexity index is 706. The van der Waals surface area contributed by atoms with E-state index in [1.165, 1.54) is 24.1 Å². The van der Waals surface area contributed by atoms with E-state index in [0.717, 1.165) is 18.7 Å². The van der Waals surface area contributed by atoms with Gasteiger partial charge in [-0.3, -0.25) is 9.78 Å². The quantitative estimate of drug-likeness (QED) is 0.792. The summed E-state index contributed by atoms with van der Waals surface area (Å²) in [6, 6.07) is 12.1. The van der Waals surface area contributed by atoms with Gasteiger partial charge in [-0.1, -0.05) is 18.2 Å². The zero-order valence-corrected chi connectivity index (χ0v) is 14.1. The van der Waals surface area contributed by atoms with Gasteiger partial charge in [0, 0.05) is 50.8 Å². The van der Waals surface area contributed by atoms with Gasteiger partial charge in [0.15, 0.2) is 0 Å². The molecule has 1 aromatic heterocycles. The predicted octanol–water partition coefficient (Wildman–Crippen LogP) is 3.35. The molecule has 3 rings (SSSR count). The molecule has 0 saturated carbocycles. The molecule has 0 N–H and O–H groups in total. The van der Waals surface area contributed by atoms with Gasteiger partial charge >= 0.3 is 0 Å². The van der Waals surface area contributed by atoms with Gasteiger partial charge in [0.1, 0.15) is 0 Å². The fourth-order valence-corrected chi connectivity index (χ4v) is 3.01. The highest BCUT2D eigenvalue weighted by atomic mass is 16.2. The molecular formula is C20H23N3O. The lowest BCUT2D eigenvalue weighted by Gasteiger charge is -2.24. The normalized spacial score (nSPS) is 14.3. The minimum absolute atomic E-state index is 0.00281. The van der Waals surface area contributed by atoms with Crippen molar-refractivity contribution >= 4 is 17.7 Å². The molecule has 0 unspecified atom stereocenters. The molecular weight excluding hydrogens is 298 g/mol. The first-order valence-corrected chi connectivity index (χ1v) is 8.40. The molecule has 1 fully saturated rings. The molecule has 2 heterocycles. The summed E-state index contributed by atoms with van der Waals surface area (Å²) in [5, 5.41) is 0. The standard InChI is InChI=1S/C20H23N3O/c1-22(20(24)9-8-17-10-12-21-13-11-17)16-18-6-2-3-7-19(18)23-14-4-5-15-23/h2-3,6-13H,4-5,14-16H2,1H3. The van der Waals surface area contributed by atoms with Crippen LogP contribution in [0.5, 0.6) is 0 Å². The molecule has 0 aliphatic carbocycles. The van der Waals surface area contributed by atoms with Gasteiger partial charge in [0.05, 0.1) is 0 Å². The molecule has 1 aliphatic rings. The molecule has 124 valence electrons. The second-order valence-electron chi connectivity index (χ2n) is 6.13. The van der Waals surface area contributed by atoms with E-state index in [1.54, 1.807) is 23.4 Å². The number of hydrogen-bond acceptors (Lipinski definition) is 3. The first-order chi connectivity index (χ1) is 11.7. The van der Waals surface area contributed by atoms with Crippen LogP contribution < -0.4 is 4.90 Å². The summed E-state index contributed by atoms with van der Waals surface area (Å²) in [7, 11) is 1.85. The van der Waals surface area contributed by atoms with Gasteiger partial charge in [0.2, 0.25) is 5.91 Å². The van der Waals surface area contributed by atoms with Crippen LogP contribution in [-0.4, -0.2) is 35.9 Å². The van der Waals surface area contributed by atoms with Crippen molar-refractivity contribution in [1.29, 1.82) is 0 Å². The van der Waals surface area contributed by atoms with Gasteiger partial charge in [0.25, 0.3) is 0 Å². The molecule has 0 spiro atoms. The summed E-state index contributed by atoms with van der Waals surface area (Å²) >= 11 is 0. The van der Waals surface area contributed by atoms with Crippen molar-refractivity contribution in [3.05, 3.63) is 66.0 Å². The van der Waals surface area contributed by atoms with Crippen LogP contribution >= 0.6 is 0 Å². The van der Waals surface area contributed by atoms with E-state index in [2.05, 4.69) is 28.1 Å². The van der Waals surface area contributed by atoms with Crippen LogP contribution in [0.15, 0.2) is 54.9 Å². The zero-order chi connectivity index (χ0) is 16.8. The molecule has 1 saturated heterocycles. The third kappa shape index (κ3) is 4.02. The van der Waals surface area contributed by atoms with E-state index < -0.39 is 0 Å². The minimum Gasteiger partial charge on any atom is -0.371 e. The number of para-hydroxylation sites is 1. The van der Waals surface area contributed by atoms with E-state index in [0.29, 0.717) is 6.54 Å². The van der Waals surface area contributed by atoms with Crippen LogP contribution in [-0.2, 0) is 11.3 Å². The Hall–Kier alpha value is -2.62. The largest absolute Gasteiger partial charge is 0.371 e. The Morgan fingerprint density at radius 3 is 2.62 bits per heavy atom. The Kier molecular flexibility index (Phi) is 5.26. The van der Waals surface area contributed by atoms with Gasteiger partial charge in [-0.25, -0.2) is 0 Å². The molecule has 1 aromatic carbocycles.